The Hall–Kier alpha value is -3.58. The maximum Gasteiger partial charge on any atom is 0.400 e. The molecule has 8 nitrogen and oxygen atoms in total. The van der Waals surface area contributed by atoms with Crippen molar-refractivity contribution in [3.63, 3.8) is 0 Å². The van der Waals surface area contributed by atoms with Crippen LogP contribution in [0.25, 0.3) is 22.3 Å². The Morgan fingerprint density at radius 1 is 1.27 bits per heavy atom. The third-order valence-corrected chi connectivity index (χ3v) is 11.8. The minimum Gasteiger partial charge on any atom is -0.463 e. The molecule has 0 saturated heterocycles. The van der Waals surface area contributed by atoms with Crippen molar-refractivity contribution in [2.75, 3.05) is 0 Å². The lowest BCUT2D eigenvalue weighted by Gasteiger charge is -2.30. The Labute approximate surface area is 226 Å². The molecular weight excluding hydrogens is 550 g/mol. The van der Waals surface area contributed by atoms with Gasteiger partial charge in [0.2, 0.25) is 5.91 Å². The van der Waals surface area contributed by atoms with Gasteiger partial charge in [0.1, 0.15) is 18.3 Å². The van der Waals surface area contributed by atoms with E-state index in [1.165, 1.54) is 10.6 Å². The van der Waals surface area contributed by atoms with Crippen molar-refractivity contribution in [3.8, 4) is 11.4 Å². The molecule has 0 bridgehead atoms. The number of alkyl halides is 3. The number of aromatic nitrogens is 2. The van der Waals surface area contributed by atoms with E-state index < -0.39 is 49.3 Å². The maximum atomic E-state index is 15.0. The number of cyclic esters (lactones) is 1. The van der Waals surface area contributed by atoms with Gasteiger partial charge >= 0.3 is 20.1 Å². The number of rotatable bonds is 3. The molecule has 13 heteroatoms. The quantitative estimate of drug-likeness (QED) is 0.286. The molecule has 6 rings (SSSR count). The molecule has 210 valence electrons. The van der Waals surface area contributed by atoms with Crippen LogP contribution in [0.4, 0.5) is 22.4 Å². The summed E-state index contributed by atoms with van der Waals surface area (Å²) in [6.07, 6.45) is -4.19. The number of halogens is 4. The van der Waals surface area contributed by atoms with E-state index in [1.54, 1.807) is 19.9 Å². The third kappa shape index (κ3) is 3.59. The van der Waals surface area contributed by atoms with Gasteiger partial charge in [-0.25, -0.2) is 9.37 Å². The molecule has 2 N–H and O–H groups in total. The first-order valence-electron chi connectivity index (χ1n) is 13.0. The lowest BCUT2D eigenvalue weighted by Crippen LogP contribution is -2.61. The Balaban J connectivity index is 1.60. The zero-order chi connectivity index (χ0) is 28.9. The molecule has 40 heavy (non-hydrogen) atoms. The van der Waals surface area contributed by atoms with E-state index in [0.717, 1.165) is 6.92 Å². The highest BCUT2D eigenvalue weighted by Crippen LogP contribution is 2.45. The van der Waals surface area contributed by atoms with E-state index in [9.17, 15) is 36.7 Å². The summed E-state index contributed by atoms with van der Waals surface area (Å²) < 4.78 is 61.5. The van der Waals surface area contributed by atoms with Crippen molar-refractivity contribution in [1.29, 1.82) is 0 Å². The lowest BCUT2D eigenvalue weighted by atomic mass is 9.81. The molecule has 0 unspecified atom stereocenters. The smallest absolute Gasteiger partial charge is 0.400 e. The number of carbonyl (C=O) groups is 2. The molecule has 4 heterocycles. The second-order valence-corrected chi connectivity index (χ2v) is 14.0. The van der Waals surface area contributed by atoms with Crippen LogP contribution in [-0.2, 0) is 29.1 Å². The van der Waals surface area contributed by atoms with Gasteiger partial charge in [0.25, 0.3) is 5.56 Å². The van der Waals surface area contributed by atoms with E-state index in [-0.39, 0.29) is 41.9 Å². The molecule has 0 saturated carbocycles. The van der Waals surface area contributed by atoms with Crippen molar-refractivity contribution in [2.45, 2.75) is 65.0 Å². The van der Waals surface area contributed by atoms with Crippen LogP contribution in [0.3, 0.4) is 0 Å². The fourth-order valence-electron chi connectivity index (χ4n) is 6.14. The first kappa shape index (κ1) is 26.6. The second kappa shape index (κ2) is 8.71. The number of hydrogen-bond donors (Lipinski definition) is 2. The summed E-state index contributed by atoms with van der Waals surface area (Å²) in [6, 6.07) is 2.07. The largest absolute Gasteiger partial charge is 0.463 e. The van der Waals surface area contributed by atoms with Crippen LogP contribution in [0.2, 0.25) is 6.04 Å². The summed E-state index contributed by atoms with van der Waals surface area (Å²) in [4.78, 5) is 54.8. The fourth-order valence-corrected chi connectivity index (χ4v) is 8.40. The van der Waals surface area contributed by atoms with Crippen molar-refractivity contribution in [3.05, 3.63) is 56.1 Å². The Bertz CT molecular complexity index is 1720. The predicted octanol–water partition coefficient (Wildman–Crippen LogP) is 3.57. The highest BCUT2D eigenvalue weighted by molar-refractivity contribution is 7.09. The summed E-state index contributed by atoms with van der Waals surface area (Å²) in [5, 5.41) is 3.34. The molecule has 1 amide bonds. The molecule has 3 aliphatic rings. The van der Waals surface area contributed by atoms with Crippen LogP contribution >= 0.6 is 0 Å². The molecule has 0 fully saturated rings. The number of fused-ring (bicyclic) bond motifs is 5. The number of nitrogens with one attached hydrogen (secondary N) is 1. The third-order valence-electron chi connectivity index (χ3n) is 8.58. The summed E-state index contributed by atoms with van der Waals surface area (Å²) in [5.74, 6) is -3.92. The fraction of sp³-hybridized carbons (Fsp3) is 0.407. The van der Waals surface area contributed by atoms with E-state index in [1.807, 2.05) is 0 Å². The summed E-state index contributed by atoms with van der Waals surface area (Å²) in [7, 11) is -3.81. The maximum absolute atomic E-state index is 15.0. The van der Waals surface area contributed by atoms with Crippen LogP contribution < -0.4 is 16.1 Å². The van der Waals surface area contributed by atoms with Gasteiger partial charge in [-0.3, -0.25) is 14.4 Å². The van der Waals surface area contributed by atoms with Crippen molar-refractivity contribution >= 4 is 35.9 Å². The Morgan fingerprint density at radius 3 is 2.67 bits per heavy atom. The molecule has 2 aromatic heterocycles. The van der Waals surface area contributed by atoms with Crippen LogP contribution in [0, 0.1) is 18.7 Å². The first-order chi connectivity index (χ1) is 18.8. The lowest BCUT2D eigenvalue weighted by molar-refractivity contribution is -0.179. The molecule has 1 aliphatic carbocycles. The monoisotopic (exact) mass is 575 g/mol. The number of pyridine rings is 2. The van der Waals surface area contributed by atoms with Gasteiger partial charge in [-0.2, -0.15) is 13.2 Å². The van der Waals surface area contributed by atoms with Crippen LogP contribution in [-0.4, -0.2) is 40.3 Å². The Kier molecular flexibility index (Phi) is 5.80. The van der Waals surface area contributed by atoms with Crippen molar-refractivity contribution in [2.24, 2.45) is 5.92 Å². The second-order valence-electron chi connectivity index (χ2n) is 10.7. The molecule has 0 spiro atoms. The number of hydrogen-bond acceptors (Lipinski definition) is 6. The normalized spacial score (nSPS) is 21.9. The predicted molar refractivity (Wildman–Crippen MR) is 138 cm³/mol. The standard InChI is InChI=1S/C27H25F4N3O5Si/c1-4-40(38)20-8-19-23-14(9-34(19)25(36)15(20)10-39-26(40)37)22-17(33-24(35)12(3)27(29,30)31)6-5-13-11(2)16(28)7-18(32-23)21(13)22/h7-8,12,17,38H,4-6,9-10H2,1-3H3,(H,33,35)/t12-,17+,40-/m0/s1. The Morgan fingerprint density at radius 2 is 2.00 bits per heavy atom. The molecule has 3 aromatic rings. The highest BCUT2D eigenvalue weighted by atomic mass is 28.4. The zero-order valence-electron chi connectivity index (χ0n) is 21.8. The van der Waals surface area contributed by atoms with Gasteiger partial charge in [-0.15, -0.1) is 0 Å². The summed E-state index contributed by atoms with van der Waals surface area (Å²) >= 11 is 0. The van der Waals surface area contributed by atoms with Gasteiger partial charge < -0.3 is 19.4 Å². The number of benzene rings is 1. The van der Waals surface area contributed by atoms with Crippen LogP contribution in [0.15, 0.2) is 16.9 Å². The zero-order valence-corrected chi connectivity index (χ0v) is 22.8. The van der Waals surface area contributed by atoms with Gasteiger partial charge in [0.05, 0.1) is 35.1 Å². The topological polar surface area (TPSA) is 111 Å². The van der Waals surface area contributed by atoms with E-state index in [2.05, 4.69) is 5.32 Å². The molecule has 0 radical (unpaired) electrons. The average Bonchev–Trinajstić information content (AvgIpc) is 3.27. The van der Waals surface area contributed by atoms with Gasteiger partial charge in [-0.05, 0) is 60.7 Å². The average molecular weight is 576 g/mol. The molecule has 1 aromatic carbocycles. The summed E-state index contributed by atoms with van der Waals surface area (Å²) in [6.45, 7) is 3.77. The minimum atomic E-state index is -4.73. The number of nitrogens with zero attached hydrogens (tertiary/aromatic N) is 2. The van der Waals surface area contributed by atoms with E-state index in [0.29, 0.717) is 45.4 Å². The first-order valence-corrected chi connectivity index (χ1v) is 15.1. The molecular formula is C27H25F4N3O5Si. The van der Waals surface area contributed by atoms with Crippen LogP contribution in [0.1, 0.15) is 54.1 Å². The minimum absolute atomic E-state index is 0.00612. The van der Waals surface area contributed by atoms with E-state index >= 15 is 0 Å². The number of aryl methyl sites for hydroxylation is 1. The highest BCUT2D eigenvalue weighted by Gasteiger charge is 2.49. The van der Waals surface area contributed by atoms with Crippen molar-refractivity contribution < 1.29 is 36.7 Å². The van der Waals surface area contributed by atoms with E-state index in [4.69, 9.17) is 9.72 Å². The van der Waals surface area contributed by atoms with Crippen molar-refractivity contribution in [1.82, 2.24) is 14.9 Å². The molecule has 2 aliphatic heterocycles. The number of ether oxygens (including phenoxy) is 1. The SMILES string of the molecule is CC[Si@@]1(O)C(=O)OCc2c1cc1n(c2=O)Cc2c-1nc1cc(F)c(C)c3c1c2[C@H](NC(=O)[C@H](C)C(F)(F)F)CC3. The van der Waals surface area contributed by atoms with Gasteiger partial charge in [0, 0.05) is 17.0 Å². The van der Waals surface area contributed by atoms with Gasteiger partial charge in [0.15, 0.2) is 0 Å². The molecule has 3 atom stereocenters. The summed E-state index contributed by atoms with van der Waals surface area (Å²) in [5.41, 5.74) is 1.90. The number of carbonyl (C=O) groups excluding carboxylic acids is 2. The number of amides is 1. The van der Waals surface area contributed by atoms with Gasteiger partial charge in [-0.1, -0.05) is 6.92 Å². The van der Waals surface area contributed by atoms with Crippen LogP contribution in [0.5, 0.6) is 0 Å².